The van der Waals surface area contributed by atoms with Crippen LogP contribution in [-0.4, -0.2) is 69.5 Å². The fraction of sp³-hybridized carbons (Fsp3) is 0.900. The molecule has 1 aliphatic heterocycles. The van der Waals surface area contributed by atoms with Gasteiger partial charge in [-0.05, 0) is 13.3 Å². The zero-order valence-electron chi connectivity index (χ0n) is 10.9. The normalized spacial score (nSPS) is 21.4. The lowest BCUT2D eigenvalue weighted by Crippen LogP contribution is -2.41. The van der Waals surface area contributed by atoms with Gasteiger partial charge in [-0.15, -0.1) is 0 Å². The van der Waals surface area contributed by atoms with E-state index in [1.54, 1.807) is 0 Å². The second-order valence-electron chi connectivity index (χ2n) is 4.29. The van der Waals surface area contributed by atoms with Gasteiger partial charge >= 0.3 is 0 Å². The van der Waals surface area contributed by atoms with Crippen LogP contribution in [0.3, 0.4) is 0 Å². The number of hydrogen-bond acceptors (Lipinski definition) is 4. The van der Waals surface area contributed by atoms with Crippen LogP contribution in [0.25, 0.3) is 0 Å². The second kappa shape index (κ2) is 6.91. The summed E-state index contributed by atoms with van der Waals surface area (Å²) in [6, 6.07) is 0. The number of rotatable bonds is 5. The monoisotopic (exact) mass is 278 g/mol. The van der Waals surface area contributed by atoms with E-state index in [0.717, 1.165) is 31.7 Å². The number of aliphatic hydroxyl groups is 1. The zero-order valence-corrected chi connectivity index (χ0v) is 11.7. The van der Waals surface area contributed by atoms with Crippen LogP contribution in [0.5, 0.6) is 0 Å². The molecule has 0 aromatic rings. The number of guanidine groups is 1. The van der Waals surface area contributed by atoms with Gasteiger partial charge in [0.25, 0.3) is 0 Å². The molecular weight excluding hydrogens is 256 g/mol. The first-order valence-electron chi connectivity index (χ1n) is 6.08. The number of nitrogens with zero attached hydrogens (tertiary/aromatic N) is 2. The van der Waals surface area contributed by atoms with Gasteiger partial charge in [-0.2, -0.15) is 0 Å². The van der Waals surface area contributed by atoms with Gasteiger partial charge in [0.2, 0.25) is 10.0 Å². The summed E-state index contributed by atoms with van der Waals surface area (Å²) in [5.41, 5.74) is 0. The topological polar surface area (TPSA) is 94.0 Å². The summed E-state index contributed by atoms with van der Waals surface area (Å²) in [6.45, 7) is 4.71. The van der Waals surface area contributed by atoms with Crippen LogP contribution in [0, 0.1) is 0 Å². The van der Waals surface area contributed by atoms with E-state index in [9.17, 15) is 13.5 Å². The summed E-state index contributed by atoms with van der Waals surface area (Å²) in [7, 11) is -3.16. The molecule has 0 aliphatic carbocycles. The molecule has 3 N–H and O–H groups in total. The Balaban J connectivity index is 2.45. The standard InChI is InChI=1S/C10H22N4O3S/c1-3-11-10(14-7-4-9(15)8-14)12-5-6-13-18(2,16)17/h9,13,15H,3-8H2,1-2H3,(H,11,12)/t9-/m1/s1. The molecule has 0 unspecified atom stereocenters. The largest absolute Gasteiger partial charge is 0.391 e. The van der Waals surface area contributed by atoms with Gasteiger partial charge in [0.1, 0.15) is 0 Å². The molecule has 18 heavy (non-hydrogen) atoms. The molecule has 0 bridgehead atoms. The summed E-state index contributed by atoms with van der Waals surface area (Å²) >= 11 is 0. The first kappa shape index (κ1) is 15.2. The van der Waals surface area contributed by atoms with Crippen LogP contribution >= 0.6 is 0 Å². The quantitative estimate of drug-likeness (QED) is 0.325. The fourth-order valence-corrected chi connectivity index (χ4v) is 2.21. The Bertz CT molecular complexity index is 383. The Labute approximate surface area is 108 Å². The van der Waals surface area contributed by atoms with Crippen molar-refractivity contribution < 1.29 is 13.5 Å². The van der Waals surface area contributed by atoms with E-state index >= 15 is 0 Å². The van der Waals surface area contributed by atoms with E-state index in [4.69, 9.17) is 0 Å². The lowest BCUT2D eigenvalue weighted by atomic mass is 10.3. The van der Waals surface area contributed by atoms with Gasteiger partial charge in [-0.3, -0.25) is 4.99 Å². The molecule has 1 heterocycles. The Morgan fingerprint density at radius 1 is 1.56 bits per heavy atom. The number of aliphatic imine (C=N–C) groups is 1. The molecule has 0 aromatic heterocycles. The van der Waals surface area contributed by atoms with E-state index in [-0.39, 0.29) is 12.6 Å². The number of hydrogen-bond donors (Lipinski definition) is 3. The van der Waals surface area contributed by atoms with Gasteiger partial charge in [0.15, 0.2) is 5.96 Å². The first-order valence-corrected chi connectivity index (χ1v) is 7.97. The van der Waals surface area contributed by atoms with Crippen LogP contribution in [-0.2, 0) is 10.0 Å². The fourth-order valence-electron chi connectivity index (χ4n) is 1.75. The smallest absolute Gasteiger partial charge is 0.208 e. The number of nitrogens with one attached hydrogen (secondary N) is 2. The molecule has 1 saturated heterocycles. The van der Waals surface area contributed by atoms with Crippen molar-refractivity contribution in [1.82, 2.24) is 14.9 Å². The van der Waals surface area contributed by atoms with E-state index in [0.29, 0.717) is 13.1 Å². The predicted molar refractivity (Wildman–Crippen MR) is 71.0 cm³/mol. The van der Waals surface area contributed by atoms with Crippen molar-refractivity contribution in [3.8, 4) is 0 Å². The summed E-state index contributed by atoms with van der Waals surface area (Å²) in [5, 5.41) is 12.6. The molecule has 1 atom stereocenters. The van der Waals surface area contributed by atoms with Crippen LogP contribution in [0.15, 0.2) is 4.99 Å². The minimum Gasteiger partial charge on any atom is -0.391 e. The molecule has 1 fully saturated rings. The molecule has 0 saturated carbocycles. The van der Waals surface area contributed by atoms with Gasteiger partial charge in [-0.25, -0.2) is 13.1 Å². The van der Waals surface area contributed by atoms with Crippen molar-refractivity contribution in [3.63, 3.8) is 0 Å². The third-order valence-electron chi connectivity index (χ3n) is 2.54. The Hall–Kier alpha value is -0.860. The molecule has 1 rings (SSSR count). The zero-order chi connectivity index (χ0) is 13.6. The SMILES string of the molecule is CCNC(=NCCNS(C)(=O)=O)N1CC[C@@H](O)C1. The molecule has 0 aromatic carbocycles. The van der Waals surface area contributed by atoms with Crippen LogP contribution in [0.2, 0.25) is 0 Å². The van der Waals surface area contributed by atoms with Gasteiger partial charge in [-0.1, -0.05) is 0 Å². The molecular formula is C10H22N4O3S. The summed E-state index contributed by atoms with van der Waals surface area (Å²) < 4.78 is 24.2. The van der Waals surface area contributed by atoms with Gasteiger partial charge in [0.05, 0.1) is 18.9 Å². The van der Waals surface area contributed by atoms with E-state index in [1.807, 2.05) is 11.8 Å². The third-order valence-corrected chi connectivity index (χ3v) is 3.26. The van der Waals surface area contributed by atoms with Crippen LogP contribution in [0.4, 0.5) is 0 Å². The highest BCUT2D eigenvalue weighted by Gasteiger charge is 2.22. The summed E-state index contributed by atoms with van der Waals surface area (Å²) in [4.78, 5) is 6.31. The van der Waals surface area contributed by atoms with Crippen molar-refractivity contribution in [2.45, 2.75) is 19.4 Å². The molecule has 0 spiro atoms. The molecule has 0 radical (unpaired) electrons. The van der Waals surface area contributed by atoms with Crippen molar-refractivity contribution in [2.75, 3.05) is 39.0 Å². The average molecular weight is 278 g/mol. The number of β-amino-alcohol motifs (C(OH)–C–C–N with tert-alkyl or cyclic N) is 1. The van der Waals surface area contributed by atoms with Crippen LogP contribution < -0.4 is 10.0 Å². The highest BCUT2D eigenvalue weighted by Crippen LogP contribution is 2.08. The maximum absolute atomic E-state index is 10.9. The van der Waals surface area contributed by atoms with Gasteiger partial charge in [0, 0.05) is 26.2 Å². The third kappa shape index (κ3) is 5.65. The molecule has 106 valence electrons. The van der Waals surface area contributed by atoms with E-state index in [1.165, 1.54) is 0 Å². The predicted octanol–water partition coefficient (Wildman–Crippen LogP) is -1.43. The highest BCUT2D eigenvalue weighted by molar-refractivity contribution is 7.88. The number of likely N-dealkylation sites (tertiary alicyclic amines) is 1. The van der Waals surface area contributed by atoms with Crippen molar-refractivity contribution in [3.05, 3.63) is 0 Å². The second-order valence-corrected chi connectivity index (χ2v) is 6.12. The lowest BCUT2D eigenvalue weighted by molar-refractivity contribution is 0.188. The molecule has 7 nitrogen and oxygen atoms in total. The van der Waals surface area contributed by atoms with E-state index < -0.39 is 10.0 Å². The van der Waals surface area contributed by atoms with E-state index in [2.05, 4.69) is 15.0 Å². The summed E-state index contributed by atoms with van der Waals surface area (Å²) in [5.74, 6) is 0.726. The van der Waals surface area contributed by atoms with Crippen molar-refractivity contribution in [1.29, 1.82) is 0 Å². The molecule has 1 aliphatic rings. The van der Waals surface area contributed by atoms with Gasteiger partial charge < -0.3 is 15.3 Å². The minimum atomic E-state index is -3.16. The maximum atomic E-state index is 10.9. The minimum absolute atomic E-state index is 0.282. The number of aliphatic hydroxyl groups excluding tert-OH is 1. The molecule has 0 amide bonds. The lowest BCUT2D eigenvalue weighted by Gasteiger charge is -2.20. The molecule has 8 heteroatoms. The Morgan fingerprint density at radius 2 is 2.28 bits per heavy atom. The maximum Gasteiger partial charge on any atom is 0.208 e. The number of sulfonamides is 1. The highest BCUT2D eigenvalue weighted by atomic mass is 32.2. The van der Waals surface area contributed by atoms with Crippen LogP contribution in [0.1, 0.15) is 13.3 Å². The van der Waals surface area contributed by atoms with Crippen molar-refractivity contribution in [2.24, 2.45) is 4.99 Å². The van der Waals surface area contributed by atoms with Crippen molar-refractivity contribution >= 4 is 16.0 Å². The Morgan fingerprint density at radius 3 is 2.78 bits per heavy atom. The first-order chi connectivity index (χ1) is 8.42. The Kier molecular flexibility index (Phi) is 5.83. The summed E-state index contributed by atoms with van der Waals surface area (Å²) in [6.07, 6.45) is 1.56. The average Bonchev–Trinajstić information content (AvgIpc) is 2.68.